The van der Waals surface area contributed by atoms with Gasteiger partial charge >= 0.3 is 5.97 Å². The first-order chi connectivity index (χ1) is 12.0. The van der Waals surface area contributed by atoms with Crippen LogP contribution in [0.1, 0.15) is 10.4 Å². The highest BCUT2D eigenvalue weighted by Crippen LogP contribution is 2.34. The van der Waals surface area contributed by atoms with Gasteiger partial charge in [-0.25, -0.2) is 14.8 Å². The number of nitrogens with two attached hydrogens (primary N) is 1. The number of benzene rings is 2. The summed E-state index contributed by atoms with van der Waals surface area (Å²) >= 11 is 7.29. The number of hydrogen-bond donors (Lipinski definition) is 3. The number of anilines is 3. The van der Waals surface area contributed by atoms with Crippen molar-refractivity contribution in [2.24, 2.45) is 0 Å². The molecule has 2 aromatic carbocycles. The van der Waals surface area contributed by atoms with Crippen LogP contribution in [0.4, 0.5) is 17.2 Å². The Morgan fingerprint density at radius 1 is 1.08 bits per heavy atom. The lowest BCUT2D eigenvalue weighted by molar-refractivity contribution is 0.0697. The fourth-order valence-corrected chi connectivity index (χ4v) is 2.94. The molecule has 0 aliphatic rings. The van der Waals surface area contributed by atoms with E-state index in [1.165, 1.54) is 30.2 Å². The Balaban J connectivity index is 1.80. The van der Waals surface area contributed by atoms with Gasteiger partial charge in [0.25, 0.3) is 0 Å². The molecule has 126 valence electrons. The molecule has 0 spiro atoms. The number of nitrogens with one attached hydrogen (secondary N) is 1. The third-order valence-corrected chi connectivity index (χ3v) is 4.55. The molecule has 3 aromatic rings. The molecule has 0 radical (unpaired) electrons. The van der Waals surface area contributed by atoms with Crippen molar-refractivity contribution in [2.75, 3.05) is 11.1 Å². The molecule has 0 bridgehead atoms. The molecule has 0 amide bonds. The number of carboxylic acids is 1. The summed E-state index contributed by atoms with van der Waals surface area (Å²) in [5, 5.41) is 13.3. The summed E-state index contributed by atoms with van der Waals surface area (Å²) in [6, 6.07) is 13.7. The van der Waals surface area contributed by atoms with Crippen LogP contribution < -0.4 is 11.1 Å². The summed E-state index contributed by atoms with van der Waals surface area (Å²) in [5.41, 5.74) is 7.45. The summed E-state index contributed by atoms with van der Waals surface area (Å²) in [6.07, 6.45) is 1.42. The molecule has 0 unspecified atom stereocenters. The third kappa shape index (κ3) is 4.20. The second kappa shape index (κ2) is 7.42. The number of aromatic carboxylic acids is 1. The summed E-state index contributed by atoms with van der Waals surface area (Å²) in [4.78, 5) is 20.2. The normalized spacial score (nSPS) is 10.4. The SMILES string of the molecule is Nc1c(Nc2ccc(C(=O)O)cc2)ncnc1Sc1ccc(Cl)cc1. The van der Waals surface area contributed by atoms with Crippen molar-refractivity contribution >= 4 is 46.5 Å². The number of rotatable bonds is 5. The number of hydrogen-bond acceptors (Lipinski definition) is 6. The number of carbonyl (C=O) groups is 1. The molecule has 0 aliphatic heterocycles. The fraction of sp³-hybridized carbons (Fsp3) is 0. The Labute approximate surface area is 153 Å². The smallest absolute Gasteiger partial charge is 0.335 e. The third-order valence-electron chi connectivity index (χ3n) is 3.27. The Bertz CT molecular complexity index is 902. The number of nitrogen functional groups attached to an aromatic ring is 1. The van der Waals surface area contributed by atoms with Gasteiger partial charge in [0.1, 0.15) is 17.0 Å². The molecule has 25 heavy (non-hydrogen) atoms. The molecule has 6 nitrogen and oxygen atoms in total. The van der Waals surface area contributed by atoms with Crippen molar-refractivity contribution < 1.29 is 9.90 Å². The van der Waals surface area contributed by atoms with Gasteiger partial charge in [-0.05, 0) is 48.5 Å². The molecule has 8 heteroatoms. The van der Waals surface area contributed by atoms with Gasteiger partial charge < -0.3 is 16.2 Å². The van der Waals surface area contributed by atoms with Gasteiger partial charge in [-0.15, -0.1) is 0 Å². The first-order valence-corrected chi connectivity index (χ1v) is 8.36. The van der Waals surface area contributed by atoms with Crippen molar-refractivity contribution in [3.8, 4) is 0 Å². The average molecular weight is 373 g/mol. The Hall–Kier alpha value is -2.77. The highest BCUT2D eigenvalue weighted by Gasteiger charge is 2.10. The summed E-state index contributed by atoms with van der Waals surface area (Å²) in [5.74, 6) is -0.524. The van der Waals surface area contributed by atoms with Crippen LogP contribution in [0.2, 0.25) is 5.02 Å². The first-order valence-electron chi connectivity index (χ1n) is 7.17. The second-order valence-corrected chi connectivity index (χ2v) is 6.50. The summed E-state index contributed by atoms with van der Waals surface area (Å²) in [7, 11) is 0. The zero-order chi connectivity index (χ0) is 17.8. The van der Waals surface area contributed by atoms with Gasteiger partial charge in [-0.1, -0.05) is 23.4 Å². The van der Waals surface area contributed by atoms with E-state index < -0.39 is 5.97 Å². The zero-order valence-electron chi connectivity index (χ0n) is 12.8. The van der Waals surface area contributed by atoms with Crippen molar-refractivity contribution in [3.63, 3.8) is 0 Å². The van der Waals surface area contributed by atoms with E-state index in [4.69, 9.17) is 22.4 Å². The van der Waals surface area contributed by atoms with Crippen molar-refractivity contribution in [1.82, 2.24) is 9.97 Å². The molecule has 1 aromatic heterocycles. The predicted octanol–water partition coefficient (Wildman–Crippen LogP) is 4.31. The first kappa shape index (κ1) is 17.1. The monoisotopic (exact) mass is 372 g/mol. The van der Waals surface area contributed by atoms with E-state index in [2.05, 4.69) is 15.3 Å². The molecule has 0 saturated carbocycles. The van der Waals surface area contributed by atoms with E-state index in [1.54, 1.807) is 24.3 Å². The lowest BCUT2D eigenvalue weighted by Crippen LogP contribution is -2.03. The van der Waals surface area contributed by atoms with Gasteiger partial charge in [0, 0.05) is 15.6 Å². The number of carboxylic acid groups (broad SMARTS) is 1. The largest absolute Gasteiger partial charge is 0.478 e. The molecular weight excluding hydrogens is 360 g/mol. The Morgan fingerprint density at radius 2 is 1.76 bits per heavy atom. The van der Waals surface area contributed by atoms with Crippen LogP contribution in [0.15, 0.2) is 64.8 Å². The van der Waals surface area contributed by atoms with E-state index in [0.29, 0.717) is 27.2 Å². The molecule has 0 aliphatic carbocycles. The summed E-state index contributed by atoms with van der Waals surface area (Å²) < 4.78 is 0. The zero-order valence-corrected chi connectivity index (χ0v) is 14.4. The van der Waals surface area contributed by atoms with Crippen molar-refractivity contribution in [2.45, 2.75) is 9.92 Å². The van der Waals surface area contributed by atoms with Gasteiger partial charge in [0.2, 0.25) is 0 Å². The molecule has 1 heterocycles. The molecule has 4 N–H and O–H groups in total. The molecular formula is C17H13ClN4O2S. The van der Waals surface area contributed by atoms with E-state index in [9.17, 15) is 4.79 Å². The average Bonchev–Trinajstić information content (AvgIpc) is 2.61. The summed E-state index contributed by atoms with van der Waals surface area (Å²) in [6.45, 7) is 0. The minimum atomic E-state index is -0.977. The van der Waals surface area contributed by atoms with Crippen LogP contribution in [0.25, 0.3) is 0 Å². The van der Waals surface area contributed by atoms with E-state index in [0.717, 1.165) is 4.90 Å². The maximum atomic E-state index is 10.9. The van der Waals surface area contributed by atoms with Crippen LogP contribution in [-0.2, 0) is 0 Å². The van der Waals surface area contributed by atoms with Gasteiger partial charge in [-0.2, -0.15) is 0 Å². The highest BCUT2D eigenvalue weighted by molar-refractivity contribution is 7.99. The highest BCUT2D eigenvalue weighted by atomic mass is 35.5. The minimum Gasteiger partial charge on any atom is -0.478 e. The minimum absolute atomic E-state index is 0.209. The maximum Gasteiger partial charge on any atom is 0.335 e. The standard InChI is InChI=1S/C17H13ClN4O2S/c18-11-3-7-13(8-4-11)25-16-14(19)15(20-9-21-16)22-12-5-1-10(2-6-12)17(23)24/h1-9H,19H2,(H,23,24)(H,20,21,22). The van der Waals surface area contributed by atoms with Crippen molar-refractivity contribution in [1.29, 1.82) is 0 Å². The lowest BCUT2D eigenvalue weighted by Gasteiger charge is -2.11. The fourth-order valence-electron chi connectivity index (χ4n) is 2.01. The van der Waals surface area contributed by atoms with Crippen LogP contribution in [-0.4, -0.2) is 21.0 Å². The van der Waals surface area contributed by atoms with Gasteiger partial charge in [0.05, 0.1) is 5.56 Å². The van der Waals surface area contributed by atoms with E-state index in [1.807, 2.05) is 12.1 Å². The maximum absolute atomic E-state index is 10.9. The Kier molecular flexibility index (Phi) is 5.06. The van der Waals surface area contributed by atoms with Crippen LogP contribution in [0.5, 0.6) is 0 Å². The number of aromatic nitrogens is 2. The van der Waals surface area contributed by atoms with Crippen molar-refractivity contribution in [3.05, 3.63) is 65.4 Å². The topological polar surface area (TPSA) is 101 Å². The molecule has 0 atom stereocenters. The van der Waals surface area contributed by atoms with Crippen LogP contribution in [0, 0.1) is 0 Å². The molecule has 3 rings (SSSR count). The van der Waals surface area contributed by atoms with Crippen LogP contribution >= 0.6 is 23.4 Å². The van der Waals surface area contributed by atoms with E-state index >= 15 is 0 Å². The predicted molar refractivity (Wildman–Crippen MR) is 98.7 cm³/mol. The Morgan fingerprint density at radius 3 is 2.40 bits per heavy atom. The van der Waals surface area contributed by atoms with Crippen LogP contribution in [0.3, 0.4) is 0 Å². The molecule has 0 saturated heterocycles. The molecule has 0 fully saturated rings. The second-order valence-electron chi connectivity index (χ2n) is 5.00. The number of nitrogens with zero attached hydrogens (tertiary/aromatic N) is 2. The lowest BCUT2D eigenvalue weighted by atomic mass is 10.2. The van der Waals surface area contributed by atoms with E-state index in [-0.39, 0.29) is 5.56 Å². The van der Waals surface area contributed by atoms with Gasteiger partial charge in [-0.3, -0.25) is 0 Å². The van der Waals surface area contributed by atoms with Gasteiger partial charge in [0.15, 0.2) is 5.82 Å². The number of halogens is 1. The quantitative estimate of drug-likeness (QED) is 0.573.